The van der Waals surface area contributed by atoms with Crippen LogP contribution in [0.3, 0.4) is 0 Å². The van der Waals surface area contributed by atoms with Gasteiger partial charge in [-0.25, -0.2) is 0 Å². The molecular formula is C26H44N4O. The summed E-state index contributed by atoms with van der Waals surface area (Å²) in [6, 6.07) is 12.6. The highest BCUT2D eigenvalue weighted by Crippen LogP contribution is 2.27. The van der Waals surface area contributed by atoms with Crippen LogP contribution in [0.25, 0.3) is 0 Å². The number of likely N-dealkylation sites (tertiary alicyclic amines) is 2. The Morgan fingerprint density at radius 1 is 0.839 bits per heavy atom. The lowest BCUT2D eigenvalue weighted by atomic mass is 9.98. The summed E-state index contributed by atoms with van der Waals surface area (Å²) in [5.41, 5.74) is 1.49. The fourth-order valence-electron chi connectivity index (χ4n) is 5.83. The Hall–Kier alpha value is -0.980. The lowest BCUT2D eigenvalue weighted by molar-refractivity contribution is 0.0491. The van der Waals surface area contributed by atoms with Crippen molar-refractivity contribution >= 4 is 0 Å². The molecule has 0 N–H and O–H groups in total. The monoisotopic (exact) mass is 428 g/mol. The number of hydrogen-bond donors (Lipinski definition) is 0. The number of nitrogens with zero attached hydrogens (tertiary/aromatic N) is 4. The summed E-state index contributed by atoms with van der Waals surface area (Å²) in [5.74, 6) is 0. The van der Waals surface area contributed by atoms with Gasteiger partial charge in [0.2, 0.25) is 0 Å². The van der Waals surface area contributed by atoms with Crippen LogP contribution in [0.15, 0.2) is 30.3 Å². The average Bonchev–Trinajstić information content (AvgIpc) is 2.85. The molecule has 0 amide bonds. The van der Waals surface area contributed by atoms with E-state index >= 15 is 0 Å². The van der Waals surface area contributed by atoms with Gasteiger partial charge in [0.15, 0.2) is 0 Å². The number of piperidine rings is 2. The van der Waals surface area contributed by atoms with E-state index in [1.807, 2.05) is 0 Å². The number of rotatable bonds is 9. The van der Waals surface area contributed by atoms with Crippen molar-refractivity contribution in [3.8, 4) is 0 Å². The van der Waals surface area contributed by atoms with E-state index in [0.717, 1.165) is 19.1 Å². The predicted molar refractivity (Wildman–Crippen MR) is 129 cm³/mol. The van der Waals surface area contributed by atoms with Crippen molar-refractivity contribution in [2.45, 2.75) is 50.6 Å². The van der Waals surface area contributed by atoms with Gasteiger partial charge < -0.3 is 19.4 Å². The zero-order valence-electron chi connectivity index (χ0n) is 19.8. The first-order chi connectivity index (χ1) is 15.3. The number of hydrogen-bond acceptors (Lipinski definition) is 5. The Morgan fingerprint density at radius 3 is 2.23 bits per heavy atom. The van der Waals surface area contributed by atoms with Crippen molar-refractivity contribution in [2.75, 3.05) is 79.2 Å². The summed E-state index contributed by atoms with van der Waals surface area (Å²) in [4.78, 5) is 10.9. The number of piperazine rings is 1. The number of benzene rings is 1. The van der Waals surface area contributed by atoms with Crippen LogP contribution in [0.4, 0.5) is 0 Å². The lowest BCUT2D eigenvalue weighted by Crippen LogP contribution is -2.52. The molecule has 3 aliphatic rings. The standard InChI is InChI=1S/C26H44N4O/c1-31-22-8-13-27-18-20-30(21-19-27)26(24-9-4-2-5-10-24)23-28-16-11-25(12-17-28)29-14-6-3-7-15-29/h2,4-5,9-10,25-26H,3,6-8,11-23H2,1H3. The molecule has 3 saturated heterocycles. The molecule has 0 aromatic heterocycles. The largest absolute Gasteiger partial charge is 0.385 e. The fraction of sp³-hybridized carbons (Fsp3) is 0.769. The van der Waals surface area contributed by atoms with E-state index in [2.05, 4.69) is 49.9 Å². The second-order valence-corrected chi connectivity index (χ2v) is 9.78. The van der Waals surface area contributed by atoms with Crippen LogP contribution in [0.1, 0.15) is 50.1 Å². The summed E-state index contributed by atoms with van der Waals surface area (Å²) in [6.07, 6.45) is 8.11. The van der Waals surface area contributed by atoms with Crippen molar-refractivity contribution < 1.29 is 4.74 Å². The summed E-state index contributed by atoms with van der Waals surface area (Å²) >= 11 is 0. The van der Waals surface area contributed by atoms with Crippen LogP contribution in [0.2, 0.25) is 0 Å². The third-order valence-electron chi connectivity index (χ3n) is 7.75. The third kappa shape index (κ3) is 6.75. The van der Waals surface area contributed by atoms with E-state index in [9.17, 15) is 0 Å². The molecule has 3 aliphatic heterocycles. The van der Waals surface area contributed by atoms with Gasteiger partial charge in [-0.05, 0) is 63.8 Å². The minimum Gasteiger partial charge on any atom is -0.385 e. The molecule has 4 rings (SSSR count). The molecular weight excluding hydrogens is 384 g/mol. The van der Waals surface area contributed by atoms with Gasteiger partial charge in [-0.1, -0.05) is 36.8 Å². The second-order valence-electron chi connectivity index (χ2n) is 9.78. The fourth-order valence-corrected chi connectivity index (χ4v) is 5.83. The lowest BCUT2D eigenvalue weighted by Gasteiger charge is -2.44. The van der Waals surface area contributed by atoms with Crippen molar-refractivity contribution in [2.24, 2.45) is 0 Å². The highest BCUT2D eigenvalue weighted by Gasteiger charge is 2.30. The highest BCUT2D eigenvalue weighted by molar-refractivity contribution is 5.20. The van der Waals surface area contributed by atoms with Crippen molar-refractivity contribution in [1.82, 2.24) is 19.6 Å². The molecule has 0 saturated carbocycles. The molecule has 0 spiro atoms. The minimum absolute atomic E-state index is 0.522. The predicted octanol–water partition coefficient (Wildman–Crippen LogP) is 3.33. The van der Waals surface area contributed by atoms with Gasteiger partial charge in [0.1, 0.15) is 0 Å². The number of methoxy groups -OCH3 is 1. The molecule has 1 atom stereocenters. The van der Waals surface area contributed by atoms with Gasteiger partial charge in [0, 0.05) is 65.1 Å². The van der Waals surface area contributed by atoms with E-state index in [4.69, 9.17) is 4.74 Å². The van der Waals surface area contributed by atoms with Crippen LogP contribution in [-0.2, 0) is 4.74 Å². The van der Waals surface area contributed by atoms with Crippen molar-refractivity contribution in [1.29, 1.82) is 0 Å². The Labute approximate surface area is 190 Å². The van der Waals surface area contributed by atoms with Gasteiger partial charge >= 0.3 is 0 Å². The smallest absolute Gasteiger partial charge is 0.0476 e. The van der Waals surface area contributed by atoms with Gasteiger partial charge in [-0.3, -0.25) is 4.90 Å². The van der Waals surface area contributed by atoms with E-state index < -0.39 is 0 Å². The van der Waals surface area contributed by atoms with Crippen LogP contribution >= 0.6 is 0 Å². The maximum Gasteiger partial charge on any atom is 0.0476 e. The van der Waals surface area contributed by atoms with Crippen LogP contribution in [0.5, 0.6) is 0 Å². The number of ether oxygens (including phenoxy) is 1. The SMILES string of the molecule is COCCCN1CCN(C(CN2CCC(N3CCCCC3)CC2)c2ccccc2)CC1. The molecule has 3 heterocycles. The Morgan fingerprint density at radius 2 is 1.55 bits per heavy atom. The van der Waals surface area contributed by atoms with Gasteiger partial charge in [0.05, 0.1) is 0 Å². The first kappa shape index (κ1) is 23.2. The van der Waals surface area contributed by atoms with Crippen LogP contribution in [-0.4, -0.2) is 105 Å². The minimum atomic E-state index is 0.522. The van der Waals surface area contributed by atoms with E-state index in [1.165, 1.54) is 103 Å². The van der Waals surface area contributed by atoms with Gasteiger partial charge in [-0.15, -0.1) is 0 Å². The molecule has 174 valence electrons. The van der Waals surface area contributed by atoms with E-state index in [0.29, 0.717) is 6.04 Å². The van der Waals surface area contributed by atoms with Gasteiger partial charge in [0.25, 0.3) is 0 Å². The quantitative estimate of drug-likeness (QED) is 0.561. The first-order valence-corrected chi connectivity index (χ1v) is 12.8. The van der Waals surface area contributed by atoms with Crippen LogP contribution < -0.4 is 0 Å². The molecule has 0 radical (unpaired) electrons. The maximum absolute atomic E-state index is 5.24. The van der Waals surface area contributed by atoms with Crippen LogP contribution in [0, 0.1) is 0 Å². The van der Waals surface area contributed by atoms with Crippen molar-refractivity contribution in [3.05, 3.63) is 35.9 Å². The maximum atomic E-state index is 5.24. The summed E-state index contributed by atoms with van der Waals surface area (Å²) in [7, 11) is 1.80. The van der Waals surface area contributed by atoms with E-state index in [1.54, 1.807) is 7.11 Å². The first-order valence-electron chi connectivity index (χ1n) is 12.8. The molecule has 3 fully saturated rings. The van der Waals surface area contributed by atoms with Gasteiger partial charge in [-0.2, -0.15) is 0 Å². The molecule has 31 heavy (non-hydrogen) atoms. The molecule has 0 aliphatic carbocycles. The molecule has 1 aromatic carbocycles. The molecule has 1 aromatic rings. The zero-order valence-corrected chi connectivity index (χ0v) is 19.8. The molecule has 0 bridgehead atoms. The van der Waals surface area contributed by atoms with Crippen molar-refractivity contribution in [3.63, 3.8) is 0 Å². The van der Waals surface area contributed by atoms with E-state index in [-0.39, 0.29) is 0 Å². The molecule has 1 unspecified atom stereocenters. The highest BCUT2D eigenvalue weighted by atomic mass is 16.5. The average molecular weight is 429 g/mol. The summed E-state index contributed by atoms with van der Waals surface area (Å²) in [5, 5.41) is 0. The Balaban J connectivity index is 1.30. The summed E-state index contributed by atoms with van der Waals surface area (Å²) < 4.78 is 5.24. The molecule has 5 nitrogen and oxygen atoms in total. The molecule has 5 heteroatoms. The normalized spacial score (nSPS) is 24.4. The summed E-state index contributed by atoms with van der Waals surface area (Å²) in [6.45, 7) is 13.2. The second kappa shape index (κ2) is 12.3. The Bertz CT molecular complexity index is 605. The zero-order chi connectivity index (χ0) is 21.3. The topological polar surface area (TPSA) is 22.2 Å². The Kier molecular flexibility index (Phi) is 9.21. The third-order valence-corrected chi connectivity index (χ3v) is 7.75.